The highest BCUT2D eigenvalue weighted by Crippen LogP contribution is 2.23. The van der Waals surface area contributed by atoms with Crippen molar-refractivity contribution in [3.63, 3.8) is 0 Å². The Bertz CT molecular complexity index is 498. The molecule has 2 aliphatic heterocycles. The number of carbonyl (C=O) groups excluding carboxylic acids is 1. The van der Waals surface area contributed by atoms with Gasteiger partial charge in [-0.3, -0.25) is 0 Å². The molecule has 0 unspecified atom stereocenters. The van der Waals surface area contributed by atoms with Crippen LogP contribution in [0.4, 0.5) is 10.5 Å². The van der Waals surface area contributed by atoms with Crippen LogP contribution in [0, 0.1) is 5.92 Å². The fourth-order valence-electron chi connectivity index (χ4n) is 2.99. The quantitative estimate of drug-likeness (QED) is 0.796. The number of ether oxygens (including phenoxy) is 1. The summed E-state index contributed by atoms with van der Waals surface area (Å²) in [6.45, 7) is 4.27. The third-order valence-corrected chi connectivity index (χ3v) is 4.28. The SMILES string of the molecule is O=C(NCCC1CCNCC1)Nc1ccc2c(c1)COC2. The van der Waals surface area contributed by atoms with Crippen molar-refractivity contribution in [2.24, 2.45) is 5.92 Å². The second-order valence-corrected chi connectivity index (χ2v) is 5.84. The van der Waals surface area contributed by atoms with Crippen molar-refractivity contribution in [2.75, 3.05) is 25.0 Å². The fourth-order valence-corrected chi connectivity index (χ4v) is 2.99. The highest BCUT2D eigenvalue weighted by atomic mass is 16.5. The zero-order chi connectivity index (χ0) is 14.5. The van der Waals surface area contributed by atoms with Gasteiger partial charge in [0.2, 0.25) is 0 Å². The number of piperidine rings is 1. The molecule has 1 fully saturated rings. The van der Waals surface area contributed by atoms with Gasteiger partial charge in [0.15, 0.2) is 0 Å². The monoisotopic (exact) mass is 289 g/mol. The normalized spacial score (nSPS) is 18.3. The lowest BCUT2D eigenvalue weighted by molar-refractivity contribution is 0.134. The van der Waals surface area contributed by atoms with Gasteiger partial charge in [0.1, 0.15) is 0 Å². The summed E-state index contributed by atoms with van der Waals surface area (Å²) in [4.78, 5) is 11.9. The Labute approximate surface area is 125 Å². The molecule has 5 heteroatoms. The van der Waals surface area contributed by atoms with Gasteiger partial charge in [0.25, 0.3) is 0 Å². The van der Waals surface area contributed by atoms with E-state index in [1.54, 1.807) is 0 Å². The maximum atomic E-state index is 11.9. The van der Waals surface area contributed by atoms with Crippen molar-refractivity contribution in [3.8, 4) is 0 Å². The summed E-state index contributed by atoms with van der Waals surface area (Å²) in [6.07, 6.45) is 3.50. The first kappa shape index (κ1) is 14.4. The standard InChI is InChI=1S/C16H23N3O2/c20-16(18-8-5-12-3-6-17-7-4-12)19-15-2-1-13-10-21-11-14(13)9-15/h1-2,9,12,17H,3-8,10-11H2,(H2,18,19,20). The number of anilines is 1. The molecular formula is C16H23N3O2. The molecule has 5 nitrogen and oxygen atoms in total. The maximum absolute atomic E-state index is 11.9. The van der Waals surface area contributed by atoms with E-state index in [2.05, 4.69) is 16.0 Å². The molecular weight excluding hydrogens is 266 g/mol. The van der Waals surface area contributed by atoms with E-state index in [4.69, 9.17) is 4.74 Å². The Hall–Kier alpha value is -1.59. The van der Waals surface area contributed by atoms with Crippen LogP contribution in [0.1, 0.15) is 30.4 Å². The van der Waals surface area contributed by atoms with Crippen LogP contribution in [0.5, 0.6) is 0 Å². The zero-order valence-corrected chi connectivity index (χ0v) is 12.3. The maximum Gasteiger partial charge on any atom is 0.319 e. The van der Waals surface area contributed by atoms with Gasteiger partial charge in [-0.25, -0.2) is 4.79 Å². The second-order valence-electron chi connectivity index (χ2n) is 5.84. The molecule has 1 aromatic rings. The molecule has 0 bridgehead atoms. The third-order valence-electron chi connectivity index (χ3n) is 4.28. The van der Waals surface area contributed by atoms with Crippen LogP contribution in [0.15, 0.2) is 18.2 Å². The Balaban J connectivity index is 1.41. The summed E-state index contributed by atoms with van der Waals surface area (Å²) in [5.41, 5.74) is 3.22. The minimum Gasteiger partial charge on any atom is -0.372 e. The number of fused-ring (bicyclic) bond motifs is 1. The molecule has 1 aromatic carbocycles. The van der Waals surface area contributed by atoms with Crippen molar-refractivity contribution in [3.05, 3.63) is 29.3 Å². The molecule has 21 heavy (non-hydrogen) atoms. The van der Waals surface area contributed by atoms with E-state index in [1.807, 2.05) is 18.2 Å². The molecule has 3 N–H and O–H groups in total. The molecule has 3 rings (SSSR count). The van der Waals surface area contributed by atoms with Gasteiger partial charge < -0.3 is 20.7 Å². The van der Waals surface area contributed by atoms with E-state index in [0.29, 0.717) is 13.2 Å². The lowest BCUT2D eigenvalue weighted by atomic mass is 9.95. The minimum absolute atomic E-state index is 0.122. The van der Waals surface area contributed by atoms with E-state index in [-0.39, 0.29) is 6.03 Å². The highest BCUT2D eigenvalue weighted by Gasteiger charge is 2.14. The summed E-state index contributed by atoms with van der Waals surface area (Å²) < 4.78 is 5.37. The molecule has 0 radical (unpaired) electrons. The van der Waals surface area contributed by atoms with E-state index in [0.717, 1.165) is 37.7 Å². The topological polar surface area (TPSA) is 62.4 Å². The Kier molecular flexibility index (Phi) is 4.72. The molecule has 0 aliphatic carbocycles. The van der Waals surface area contributed by atoms with Crippen LogP contribution < -0.4 is 16.0 Å². The first-order chi connectivity index (χ1) is 10.3. The summed E-state index contributed by atoms with van der Waals surface area (Å²) in [5, 5.41) is 9.19. The molecule has 0 saturated carbocycles. The Morgan fingerprint density at radius 1 is 1.24 bits per heavy atom. The van der Waals surface area contributed by atoms with Crippen molar-refractivity contribution in [2.45, 2.75) is 32.5 Å². The molecule has 2 aliphatic rings. The molecule has 0 aromatic heterocycles. The molecule has 0 atom stereocenters. The first-order valence-electron chi connectivity index (χ1n) is 7.76. The van der Waals surface area contributed by atoms with E-state index in [9.17, 15) is 4.79 Å². The zero-order valence-electron chi connectivity index (χ0n) is 12.3. The number of carbonyl (C=O) groups is 1. The van der Waals surface area contributed by atoms with Gasteiger partial charge in [0.05, 0.1) is 13.2 Å². The van der Waals surface area contributed by atoms with Crippen molar-refractivity contribution in [1.82, 2.24) is 10.6 Å². The smallest absolute Gasteiger partial charge is 0.319 e. The van der Waals surface area contributed by atoms with Gasteiger partial charge in [0, 0.05) is 12.2 Å². The van der Waals surface area contributed by atoms with Crippen LogP contribution in [-0.2, 0) is 18.0 Å². The largest absolute Gasteiger partial charge is 0.372 e. The lowest BCUT2D eigenvalue weighted by Gasteiger charge is -2.22. The average molecular weight is 289 g/mol. The van der Waals surface area contributed by atoms with Gasteiger partial charge in [-0.1, -0.05) is 6.07 Å². The van der Waals surface area contributed by atoms with E-state index < -0.39 is 0 Å². The number of hydrogen-bond donors (Lipinski definition) is 3. The number of rotatable bonds is 4. The van der Waals surface area contributed by atoms with Crippen LogP contribution in [0.2, 0.25) is 0 Å². The van der Waals surface area contributed by atoms with Crippen LogP contribution >= 0.6 is 0 Å². The third kappa shape index (κ3) is 3.95. The van der Waals surface area contributed by atoms with Crippen molar-refractivity contribution in [1.29, 1.82) is 0 Å². The number of hydrogen-bond acceptors (Lipinski definition) is 3. The van der Waals surface area contributed by atoms with E-state index >= 15 is 0 Å². The van der Waals surface area contributed by atoms with Crippen molar-refractivity contribution >= 4 is 11.7 Å². The summed E-state index contributed by atoms with van der Waals surface area (Å²) in [7, 11) is 0. The van der Waals surface area contributed by atoms with Crippen molar-refractivity contribution < 1.29 is 9.53 Å². The summed E-state index contributed by atoms with van der Waals surface area (Å²) >= 11 is 0. The average Bonchev–Trinajstić information content (AvgIpc) is 2.96. The molecule has 0 spiro atoms. The second kappa shape index (κ2) is 6.91. The number of benzene rings is 1. The molecule has 1 saturated heterocycles. The lowest BCUT2D eigenvalue weighted by Crippen LogP contribution is -2.33. The van der Waals surface area contributed by atoms with Gasteiger partial charge in [-0.15, -0.1) is 0 Å². The molecule has 2 amide bonds. The number of amides is 2. The molecule has 114 valence electrons. The first-order valence-corrected chi connectivity index (χ1v) is 7.76. The predicted octanol–water partition coefficient (Wildman–Crippen LogP) is 2.23. The van der Waals surface area contributed by atoms with Gasteiger partial charge >= 0.3 is 6.03 Å². The van der Waals surface area contributed by atoms with Gasteiger partial charge in [-0.2, -0.15) is 0 Å². The molecule has 2 heterocycles. The minimum atomic E-state index is -0.122. The van der Waals surface area contributed by atoms with Crippen LogP contribution in [0.25, 0.3) is 0 Å². The number of urea groups is 1. The number of nitrogens with one attached hydrogen (secondary N) is 3. The highest BCUT2D eigenvalue weighted by molar-refractivity contribution is 5.89. The van der Waals surface area contributed by atoms with Gasteiger partial charge in [-0.05, 0) is 61.5 Å². The fraction of sp³-hybridized carbons (Fsp3) is 0.562. The predicted molar refractivity (Wildman–Crippen MR) is 82.2 cm³/mol. The van der Waals surface area contributed by atoms with Crippen LogP contribution in [-0.4, -0.2) is 25.7 Å². The van der Waals surface area contributed by atoms with Crippen LogP contribution in [0.3, 0.4) is 0 Å². The summed E-state index contributed by atoms with van der Waals surface area (Å²) in [5.74, 6) is 0.740. The Morgan fingerprint density at radius 2 is 2.05 bits per heavy atom. The summed E-state index contributed by atoms with van der Waals surface area (Å²) in [6, 6.07) is 5.82. The van der Waals surface area contributed by atoms with E-state index in [1.165, 1.54) is 24.0 Å². The Morgan fingerprint density at radius 3 is 2.90 bits per heavy atom.